The summed E-state index contributed by atoms with van der Waals surface area (Å²) in [5.41, 5.74) is 1.51. The molecule has 0 aliphatic carbocycles. The van der Waals surface area contributed by atoms with E-state index in [1.54, 1.807) is 33.0 Å². The first-order valence-electron chi connectivity index (χ1n) is 6.07. The number of amides is 1. The molecule has 0 bridgehead atoms. The third kappa shape index (κ3) is 3.00. The fourth-order valence-electron chi connectivity index (χ4n) is 1.96. The van der Waals surface area contributed by atoms with Crippen LogP contribution in [0, 0.1) is 6.92 Å². The highest BCUT2D eigenvalue weighted by Crippen LogP contribution is 2.24. The van der Waals surface area contributed by atoms with Crippen molar-refractivity contribution in [3.05, 3.63) is 46.1 Å². The Morgan fingerprint density at radius 2 is 2.15 bits per heavy atom. The van der Waals surface area contributed by atoms with Crippen LogP contribution < -0.4 is 5.32 Å². The molecule has 20 heavy (non-hydrogen) atoms. The van der Waals surface area contributed by atoms with Crippen molar-refractivity contribution < 1.29 is 14.6 Å². The number of ether oxygens (including phenoxy) is 1. The van der Waals surface area contributed by atoms with Gasteiger partial charge in [-0.15, -0.1) is 0 Å². The Hall–Kier alpha value is -1.85. The number of pyridine rings is 1. The first-order valence-corrected chi connectivity index (χ1v) is 6.45. The lowest BCUT2D eigenvalue weighted by molar-refractivity contribution is -0.113. The molecule has 0 aromatic carbocycles. The van der Waals surface area contributed by atoms with Gasteiger partial charge >= 0.3 is 0 Å². The Morgan fingerprint density at radius 1 is 1.45 bits per heavy atom. The standard InChI is InChI=1S/C14H15ClN2O3/c1-7-6-16-12(15)5-10(7)17-14(19)13-9(3)20-8(2)4-11(13)18/h4-6,11,18H,1-3H3,(H,16,17,19). The summed E-state index contributed by atoms with van der Waals surface area (Å²) in [6, 6.07) is 1.56. The molecule has 0 spiro atoms. The van der Waals surface area contributed by atoms with Crippen LogP contribution in [-0.2, 0) is 9.53 Å². The Morgan fingerprint density at radius 3 is 2.80 bits per heavy atom. The van der Waals surface area contributed by atoms with E-state index in [0.717, 1.165) is 5.56 Å². The minimum atomic E-state index is -0.985. The van der Waals surface area contributed by atoms with Crippen molar-refractivity contribution >= 4 is 23.2 Å². The average Bonchev–Trinajstić information content (AvgIpc) is 2.32. The number of anilines is 1. The highest BCUT2D eigenvalue weighted by Gasteiger charge is 2.25. The lowest BCUT2D eigenvalue weighted by Gasteiger charge is -2.21. The van der Waals surface area contributed by atoms with Crippen molar-refractivity contribution in [3.63, 3.8) is 0 Å². The van der Waals surface area contributed by atoms with E-state index in [1.165, 1.54) is 6.08 Å². The van der Waals surface area contributed by atoms with Crippen molar-refractivity contribution in [1.82, 2.24) is 4.98 Å². The molecule has 1 aliphatic rings. The number of rotatable bonds is 2. The number of hydrogen-bond donors (Lipinski definition) is 2. The molecule has 6 heteroatoms. The molecule has 1 atom stereocenters. The molecule has 5 nitrogen and oxygen atoms in total. The monoisotopic (exact) mass is 294 g/mol. The van der Waals surface area contributed by atoms with Gasteiger partial charge in [0.25, 0.3) is 5.91 Å². The maximum atomic E-state index is 12.3. The largest absolute Gasteiger partial charge is 0.466 e. The quantitative estimate of drug-likeness (QED) is 0.822. The fourth-order valence-corrected chi connectivity index (χ4v) is 2.12. The van der Waals surface area contributed by atoms with Gasteiger partial charge in [0.1, 0.15) is 17.0 Å². The van der Waals surface area contributed by atoms with Gasteiger partial charge in [-0.05, 0) is 38.5 Å². The van der Waals surface area contributed by atoms with Crippen LogP contribution in [0.15, 0.2) is 35.4 Å². The van der Waals surface area contributed by atoms with E-state index in [2.05, 4.69) is 10.3 Å². The van der Waals surface area contributed by atoms with E-state index in [1.807, 2.05) is 0 Å². The third-order valence-electron chi connectivity index (χ3n) is 2.94. The number of nitrogens with zero attached hydrogens (tertiary/aromatic N) is 1. The van der Waals surface area contributed by atoms with Crippen molar-refractivity contribution in [3.8, 4) is 0 Å². The van der Waals surface area contributed by atoms with Crippen LogP contribution in [0.2, 0.25) is 5.15 Å². The Bertz CT molecular complexity index is 623. The Labute approximate surface area is 121 Å². The van der Waals surface area contributed by atoms with E-state index in [-0.39, 0.29) is 10.7 Å². The van der Waals surface area contributed by atoms with Crippen LogP contribution >= 0.6 is 11.6 Å². The van der Waals surface area contributed by atoms with E-state index < -0.39 is 12.0 Å². The van der Waals surface area contributed by atoms with Crippen LogP contribution in [0.5, 0.6) is 0 Å². The van der Waals surface area contributed by atoms with Gasteiger partial charge in [0, 0.05) is 11.9 Å². The second kappa shape index (κ2) is 5.64. The lowest BCUT2D eigenvalue weighted by atomic mass is 10.0. The van der Waals surface area contributed by atoms with Crippen LogP contribution in [-0.4, -0.2) is 22.1 Å². The van der Waals surface area contributed by atoms with Crippen molar-refractivity contribution in [1.29, 1.82) is 0 Å². The van der Waals surface area contributed by atoms with Gasteiger partial charge in [-0.3, -0.25) is 4.79 Å². The van der Waals surface area contributed by atoms with Crippen LogP contribution in [0.4, 0.5) is 5.69 Å². The predicted molar refractivity (Wildman–Crippen MR) is 76.2 cm³/mol. The number of carbonyl (C=O) groups is 1. The van der Waals surface area contributed by atoms with Gasteiger partial charge in [0.2, 0.25) is 0 Å². The second-order valence-corrected chi connectivity index (χ2v) is 4.96. The molecule has 2 N–H and O–H groups in total. The molecule has 1 aromatic rings. The predicted octanol–water partition coefficient (Wildman–Crippen LogP) is 2.55. The normalized spacial score (nSPS) is 18.4. The highest BCUT2D eigenvalue weighted by molar-refractivity contribution is 6.29. The molecule has 1 aromatic heterocycles. The summed E-state index contributed by atoms with van der Waals surface area (Å²) in [7, 11) is 0. The zero-order valence-electron chi connectivity index (χ0n) is 11.4. The van der Waals surface area contributed by atoms with Gasteiger partial charge in [0.15, 0.2) is 0 Å². The number of carbonyl (C=O) groups excluding carboxylic acids is 1. The van der Waals surface area contributed by atoms with E-state index in [4.69, 9.17) is 16.3 Å². The third-order valence-corrected chi connectivity index (χ3v) is 3.15. The number of aliphatic hydroxyl groups excluding tert-OH is 1. The fraction of sp³-hybridized carbons (Fsp3) is 0.286. The summed E-state index contributed by atoms with van der Waals surface area (Å²) in [5, 5.41) is 13.0. The molecule has 2 heterocycles. The number of aromatic nitrogens is 1. The first-order chi connectivity index (χ1) is 9.38. The molecule has 2 rings (SSSR count). The number of allylic oxidation sites excluding steroid dienone is 2. The number of aryl methyl sites for hydroxylation is 1. The Kier molecular flexibility index (Phi) is 4.11. The minimum absolute atomic E-state index is 0.183. The molecule has 1 unspecified atom stereocenters. The van der Waals surface area contributed by atoms with E-state index in [0.29, 0.717) is 17.2 Å². The Balaban J connectivity index is 2.25. The summed E-state index contributed by atoms with van der Waals surface area (Å²) in [6.07, 6.45) is 2.06. The van der Waals surface area contributed by atoms with Gasteiger partial charge < -0.3 is 15.2 Å². The molecule has 0 fully saturated rings. The molecule has 1 amide bonds. The molecular weight excluding hydrogens is 280 g/mol. The van der Waals surface area contributed by atoms with Crippen LogP contribution in [0.1, 0.15) is 19.4 Å². The average molecular weight is 295 g/mol. The maximum Gasteiger partial charge on any atom is 0.257 e. The van der Waals surface area contributed by atoms with Crippen molar-refractivity contribution in [2.75, 3.05) is 5.32 Å². The summed E-state index contributed by atoms with van der Waals surface area (Å²) in [5.74, 6) is 0.520. The van der Waals surface area contributed by atoms with E-state index >= 15 is 0 Å². The van der Waals surface area contributed by atoms with Gasteiger partial charge in [0.05, 0.1) is 11.3 Å². The second-order valence-electron chi connectivity index (χ2n) is 4.57. The smallest absolute Gasteiger partial charge is 0.257 e. The van der Waals surface area contributed by atoms with Gasteiger partial charge in [-0.2, -0.15) is 0 Å². The summed E-state index contributed by atoms with van der Waals surface area (Å²) in [6.45, 7) is 5.16. The van der Waals surface area contributed by atoms with Gasteiger partial charge in [-0.25, -0.2) is 4.98 Å². The summed E-state index contributed by atoms with van der Waals surface area (Å²) < 4.78 is 5.36. The van der Waals surface area contributed by atoms with Crippen molar-refractivity contribution in [2.45, 2.75) is 26.9 Å². The maximum absolute atomic E-state index is 12.3. The van der Waals surface area contributed by atoms with Crippen LogP contribution in [0.25, 0.3) is 0 Å². The topological polar surface area (TPSA) is 71.5 Å². The number of aliphatic hydroxyl groups is 1. The molecule has 0 radical (unpaired) electrons. The molecular formula is C14H15ClN2O3. The number of nitrogens with one attached hydrogen (secondary N) is 1. The first kappa shape index (κ1) is 14.6. The SMILES string of the molecule is CC1=CC(O)C(C(=O)Nc2cc(Cl)ncc2C)=C(C)O1. The van der Waals surface area contributed by atoms with Crippen molar-refractivity contribution in [2.24, 2.45) is 0 Å². The molecule has 1 aliphatic heterocycles. The number of hydrogen-bond acceptors (Lipinski definition) is 4. The summed E-state index contributed by atoms with van der Waals surface area (Å²) >= 11 is 5.80. The summed E-state index contributed by atoms with van der Waals surface area (Å²) in [4.78, 5) is 16.2. The van der Waals surface area contributed by atoms with E-state index in [9.17, 15) is 9.90 Å². The molecule has 0 saturated heterocycles. The molecule has 0 saturated carbocycles. The number of halogens is 1. The van der Waals surface area contributed by atoms with Gasteiger partial charge in [-0.1, -0.05) is 11.6 Å². The zero-order valence-corrected chi connectivity index (χ0v) is 12.2. The zero-order chi connectivity index (χ0) is 14.9. The molecule has 106 valence electrons. The minimum Gasteiger partial charge on any atom is -0.466 e. The lowest BCUT2D eigenvalue weighted by Crippen LogP contribution is -2.27. The highest BCUT2D eigenvalue weighted by atomic mass is 35.5. The van der Waals surface area contributed by atoms with Crippen LogP contribution in [0.3, 0.4) is 0 Å².